The summed E-state index contributed by atoms with van der Waals surface area (Å²) in [7, 11) is 0. The second kappa shape index (κ2) is 9.29. The summed E-state index contributed by atoms with van der Waals surface area (Å²) in [5, 5.41) is 12.7. The number of hydrogen-bond acceptors (Lipinski definition) is 7. The summed E-state index contributed by atoms with van der Waals surface area (Å²) in [6, 6.07) is 8.40. The van der Waals surface area contributed by atoms with E-state index in [0.29, 0.717) is 51.1 Å². The number of halogens is 4. The van der Waals surface area contributed by atoms with Crippen LogP contribution < -0.4 is 9.64 Å². The molecule has 1 aliphatic heterocycles. The van der Waals surface area contributed by atoms with Crippen molar-refractivity contribution in [2.75, 3.05) is 37.7 Å². The Labute approximate surface area is 187 Å². The second-order valence-corrected chi connectivity index (χ2v) is 7.62. The van der Waals surface area contributed by atoms with Crippen molar-refractivity contribution in [1.82, 2.24) is 30.1 Å². The van der Waals surface area contributed by atoms with Gasteiger partial charge in [0.2, 0.25) is 5.82 Å². The number of tetrazole rings is 1. The summed E-state index contributed by atoms with van der Waals surface area (Å²) in [5.74, 6) is 1.66. The van der Waals surface area contributed by atoms with Gasteiger partial charge >= 0.3 is 6.18 Å². The van der Waals surface area contributed by atoms with E-state index in [1.807, 2.05) is 36.1 Å². The maximum atomic E-state index is 12.8. The van der Waals surface area contributed by atoms with Crippen molar-refractivity contribution in [2.24, 2.45) is 0 Å². The fourth-order valence-corrected chi connectivity index (χ4v) is 3.67. The Morgan fingerprint density at radius 3 is 2.44 bits per heavy atom. The predicted octanol–water partition coefficient (Wildman–Crippen LogP) is 3.59. The number of rotatable bonds is 6. The summed E-state index contributed by atoms with van der Waals surface area (Å²) < 4.78 is 43.9. The van der Waals surface area contributed by atoms with Crippen LogP contribution >= 0.6 is 11.6 Å². The molecule has 0 spiro atoms. The summed E-state index contributed by atoms with van der Waals surface area (Å²) in [5.41, 5.74) is -0.0157. The molecule has 1 saturated heterocycles. The van der Waals surface area contributed by atoms with Gasteiger partial charge in [0, 0.05) is 37.9 Å². The lowest BCUT2D eigenvalue weighted by Crippen LogP contribution is -2.47. The van der Waals surface area contributed by atoms with Gasteiger partial charge < -0.3 is 9.64 Å². The molecule has 32 heavy (non-hydrogen) atoms. The van der Waals surface area contributed by atoms with Gasteiger partial charge in [0.15, 0.2) is 0 Å². The van der Waals surface area contributed by atoms with Gasteiger partial charge in [-0.05, 0) is 42.5 Å². The number of alkyl halides is 3. The van der Waals surface area contributed by atoms with Gasteiger partial charge in [-0.3, -0.25) is 4.90 Å². The Hall–Kier alpha value is -2.92. The molecule has 0 N–H and O–H groups in total. The highest BCUT2D eigenvalue weighted by atomic mass is 35.5. The average Bonchev–Trinajstić information content (AvgIpc) is 3.23. The lowest BCUT2D eigenvalue weighted by atomic mass is 10.2. The van der Waals surface area contributed by atoms with Crippen LogP contribution in [0.1, 0.15) is 12.5 Å². The van der Waals surface area contributed by atoms with Crippen molar-refractivity contribution in [3.8, 4) is 17.1 Å². The molecule has 0 unspecified atom stereocenters. The van der Waals surface area contributed by atoms with Crippen molar-refractivity contribution in [3.05, 3.63) is 47.1 Å². The van der Waals surface area contributed by atoms with Crippen molar-refractivity contribution >= 4 is 17.4 Å². The number of anilines is 1. The molecule has 8 nitrogen and oxygen atoms in total. The Balaban J connectivity index is 1.34. The van der Waals surface area contributed by atoms with Crippen LogP contribution in [0.2, 0.25) is 5.02 Å². The number of pyridine rings is 1. The van der Waals surface area contributed by atoms with Crippen molar-refractivity contribution in [3.63, 3.8) is 0 Å². The summed E-state index contributed by atoms with van der Waals surface area (Å²) >= 11 is 6.07. The molecule has 0 bridgehead atoms. The highest BCUT2D eigenvalue weighted by Crippen LogP contribution is 2.33. The van der Waals surface area contributed by atoms with E-state index in [9.17, 15) is 13.2 Å². The molecule has 170 valence electrons. The number of hydrogen-bond donors (Lipinski definition) is 0. The molecule has 0 atom stereocenters. The highest BCUT2D eigenvalue weighted by Gasteiger charge is 2.32. The van der Waals surface area contributed by atoms with E-state index in [4.69, 9.17) is 16.3 Å². The van der Waals surface area contributed by atoms with E-state index in [-0.39, 0.29) is 5.02 Å². The zero-order chi connectivity index (χ0) is 22.7. The van der Waals surface area contributed by atoms with E-state index in [0.717, 1.165) is 23.6 Å². The summed E-state index contributed by atoms with van der Waals surface area (Å²) in [6.07, 6.45) is -3.65. The van der Waals surface area contributed by atoms with Crippen LogP contribution in [0.15, 0.2) is 36.5 Å². The van der Waals surface area contributed by atoms with Crippen molar-refractivity contribution in [1.29, 1.82) is 0 Å². The lowest BCUT2D eigenvalue weighted by Gasteiger charge is -2.35. The zero-order valence-corrected chi connectivity index (χ0v) is 18.0. The van der Waals surface area contributed by atoms with Gasteiger partial charge in [-0.2, -0.15) is 13.2 Å². The number of aromatic nitrogens is 5. The average molecular weight is 468 g/mol. The molecule has 0 aliphatic carbocycles. The smallest absolute Gasteiger partial charge is 0.417 e. The van der Waals surface area contributed by atoms with Gasteiger partial charge in [-0.1, -0.05) is 11.6 Å². The minimum Gasteiger partial charge on any atom is -0.494 e. The van der Waals surface area contributed by atoms with E-state index in [1.54, 1.807) is 0 Å². The van der Waals surface area contributed by atoms with E-state index in [2.05, 4.69) is 25.3 Å². The molecule has 3 heterocycles. The standard InChI is InChI=1S/C20H21ClF3N7O/c1-2-32-16-5-3-14(4-6-16)18-26-28-31(27-18)13-29-7-9-30(10-8-29)19-17(21)11-15(12-25-19)20(22,23)24/h3-6,11-12H,2,7-10,13H2,1H3. The van der Waals surface area contributed by atoms with E-state index in [1.165, 1.54) is 4.80 Å². The molecule has 1 fully saturated rings. The summed E-state index contributed by atoms with van der Waals surface area (Å²) in [6.45, 7) is 5.42. The first kappa shape index (κ1) is 22.3. The Bertz CT molecular complexity index is 1050. The lowest BCUT2D eigenvalue weighted by molar-refractivity contribution is -0.137. The van der Waals surface area contributed by atoms with E-state index >= 15 is 0 Å². The Morgan fingerprint density at radius 2 is 1.81 bits per heavy atom. The minimum atomic E-state index is -4.47. The van der Waals surface area contributed by atoms with Gasteiger partial charge in [-0.25, -0.2) is 4.98 Å². The molecule has 1 aromatic carbocycles. The Kier molecular flexibility index (Phi) is 6.47. The first-order valence-electron chi connectivity index (χ1n) is 10.0. The van der Waals surface area contributed by atoms with Gasteiger partial charge in [-0.15, -0.1) is 15.0 Å². The third-order valence-corrected chi connectivity index (χ3v) is 5.30. The van der Waals surface area contributed by atoms with Crippen molar-refractivity contribution < 1.29 is 17.9 Å². The maximum Gasteiger partial charge on any atom is 0.417 e. The van der Waals surface area contributed by atoms with Crippen LogP contribution in [0, 0.1) is 0 Å². The predicted molar refractivity (Wildman–Crippen MR) is 112 cm³/mol. The zero-order valence-electron chi connectivity index (χ0n) is 17.3. The molecular formula is C20H21ClF3N7O. The van der Waals surface area contributed by atoms with Crippen LogP contribution in [0.3, 0.4) is 0 Å². The number of piperazine rings is 1. The third-order valence-electron chi connectivity index (χ3n) is 5.02. The van der Waals surface area contributed by atoms with Gasteiger partial charge in [0.05, 0.1) is 17.2 Å². The SMILES string of the molecule is CCOc1ccc(-c2nnn(CN3CCN(c4ncc(C(F)(F)F)cc4Cl)CC3)n2)cc1. The molecule has 2 aromatic heterocycles. The molecule has 4 rings (SSSR count). The van der Waals surface area contributed by atoms with Crippen LogP contribution in [-0.2, 0) is 12.8 Å². The number of ether oxygens (including phenoxy) is 1. The highest BCUT2D eigenvalue weighted by molar-refractivity contribution is 6.33. The number of nitrogens with zero attached hydrogens (tertiary/aromatic N) is 7. The molecule has 0 amide bonds. The Morgan fingerprint density at radius 1 is 1.09 bits per heavy atom. The third kappa shape index (κ3) is 5.10. The van der Waals surface area contributed by atoms with Crippen LogP contribution in [0.4, 0.5) is 19.0 Å². The first-order chi connectivity index (χ1) is 15.3. The fraction of sp³-hybridized carbons (Fsp3) is 0.400. The van der Waals surface area contributed by atoms with Gasteiger partial charge in [0.25, 0.3) is 0 Å². The monoisotopic (exact) mass is 467 g/mol. The van der Waals surface area contributed by atoms with Crippen LogP contribution in [-0.4, -0.2) is 62.9 Å². The number of benzene rings is 1. The molecule has 12 heteroatoms. The first-order valence-corrected chi connectivity index (χ1v) is 10.4. The topological polar surface area (TPSA) is 72.2 Å². The molecular weight excluding hydrogens is 447 g/mol. The maximum absolute atomic E-state index is 12.8. The second-order valence-electron chi connectivity index (χ2n) is 7.22. The van der Waals surface area contributed by atoms with Crippen molar-refractivity contribution in [2.45, 2.75) is 19.8 Å². The minimum absolute atomic E-state index is 0.00813. The molecule has 1 aliphatic rings. The van der Waals surface area contributed by atoms with Crippen LogP contribution in [0.5, 0.6) is 5.75 Å². The largest absolute Gasteiger partial charge is 0.494 e. The normalized spacial score (nSPS) is 15.2. The van der Waals surface area contributed by atoms with E-state index < -0.39 is 11.7 Å². The molecule has 3 aromatic rings. The fourth-order valence-electron chi connectivity index (χ4n) is 3.38. The quantitative estimate of drug-likeness (QED) is 0.548. The van der Waals surface area contributed by atoms with Gasteiger partial charge in [0.1, 0.15) is 18.2 Å². The van der Waals surface area contributed by atoms with Crippen LogP contribution in [0.25, 0.3) is 11.4 Å². The molecule has 0 radical (unpaired) electrons. The molecule has 0 saturated carbocycles. The summed E-state index contributed by atoms with van der Waals surface area (Å²) in [4.78, 5) is 9.45.